The van der Waals surface area contributed by atoms with Gasteiger partial charge >= 0.3 is 6.18 Å². The molecule has 2 aliphatic rings. The predicted molar refractivity (Wildman–Crippen MR) is 98.0 cm³/mol. The van der Waals surface area contributed by atoms with Gasteiger partial charge in [0.25, 0.3) is 0 Å². The molecule has 3 rings (SSSR count). The van der Waals surface area contributed by atoms with Crippen molar-refractivity contribution in [2.75, 3.05) is 31.1 Å². The van der Waals surface area contributed by atoms with Crippen molar-refractivity contribution in [3.05, 3.63) is 29.8 Å². The Labute approximate surface area is 159 Å². The lowest BCUT2D eigenvalue weighted by Gasteiger charge is -2.43. The van der Waals surface area contributed by atoms with Crippen molar-refractivity contribution >= 4 is 30.5 Å². The van der Waals surface area contributed by atoms with E-state index in [2.05, 4.69) is 4.90 Å². The van der Waals surface area contributed by atoms with Gasteiger partial charge in [-0.15, -0.1) is 24.8 Å². The van der Waals surface area contributed by atoms with Gasteiger partial charge in [-0.1, -0.05) is 18.9 Å². The molecule has 25 heavy (non-hydrogen) atoms. The van der Waals surface area contributed by atoms with E-state index in [4.69, 9.17) is 0 Å². The fraction of sp³-hybridized carbons (Fsp3) is 0.647. The summed E-state index contributed by atoms with van der Waals surface area (Å²) >= 11 is 0. The molecule has 1 aliphatic carbocycles. The van der Waals surface area contributed by atoms with E-state index in [-0.39, 0.29) is 37.0 Å². The maximum atomic E-state index is 12.8. The van der Waals surface area contributed by atoms with Crippen molar-refractivity contribution < 1.29 is 18.3 Å². The van der Waals surface area contributed by atoms with Crippen LogP contribution in [0.3, 0.4) is 0 Å². The second-order valence-electron chi connectivity index (χ2n) is 6.49. The number of nitrogens with zero attached hydrogens (tertiary/aromatic N) is 2. The van der Waals surface area contributed by atoms with Gasteiger partial charge in [0.1, 0.15) is 0 Å². The fourth-order valence-electron chi connectivity index (χ4n) is 3.71. The Balaban J connectivity index is 0.00000156. The summed E-state index contributed by atoms with van der Waals surface area (Å²) in [5.74, 6) is 0. The Bertz CT molecular complexity index is 537. The van der Waals surface area contributed by atoms with Crippen LogP contribution >= 0.6 is 24.8 Å². The minimum atomic E-state index is -4.30. The summed E-state index contributed by atoms with van der Waals surface area (Å²) in [5, 5.41) is 10.1. The van der Waals surface area contributed by atoms with Crippen molar-refractivity contribution in [3.63, 3.8) is 0 Å². The van der Waals surface area contributed by atoms with Crippen LogP contribution in [0.15, 0.2) is 24.3 Å². The Morgan fingerprint density at radius 3 is 2.20 bits per heavy atom. The largest absolute Gasteiger partial charge is 0.416 e. The number of rotatable bonds is 2. The lowest BCUT2D eigenvalue weighted by Crippen LogP contribution is -2.54. The molecule has 1 aromatic carbocycles. The van der Waals surface area contributed by atoms with E-state index in [0.717, 1.165) is 44.8 Å². The van der Waals surface area contributed by atoms with Gasteiger partial charge in [0.15, 0.2) is 0 Å². The lowest BCUT2D eigenvalue weighted by atomic mass is 9.91. The van der Waals surface area contributed by atoms with Crippen LogP contribution in [0.1, 0.15) is 31.2 Å². The van der Waals surface area contributed by atoms with Gasteiger partial charge in [0.05, 0.1) is 11.7 Å². The Hall–Kier alpha value is -0.690. The highest BCUT2D eigenvalue weighted by atomic mass is 35.5. The van der Waals surface area contributed by atoms with Gasteiger partial charge in [0.2, 0.25) is 0 Å². The summed E-state index contributed by atoms with van der Waals surface area (Å²) in [6.45, 7) is 2.98. The SMILES string of the molecule is Cl.Cl.OC1CCCCC1N1CCN(c2cccc(C(F)(F)F)c2)CC1. The van der Waals surface area contributed by atoms with E-state index in [9.17, 15) is 18.3 Å². The summed E-state index contributed by atoms with van der Waals surface area (Å²) in [7, 11) is 0. The first-order chi connectivity index (χ1) is 10.9. The van der Waals surface area contributed by atoms with E-state index in [1.54, 1.807) is 6.07 Å². The van der Waals surface area contributed by atoms with Crippen molar-refractivity contribution in [2.24, 2.45) is 0 Å². The molecule has 1 aromatic rings. The van der Waals surface area contributed by atoms with E-state index in [1.165, 1.54) is 12.1 Å². The van der Waals surface area contributed by atoms with Crippen LogP contribution in [0.25, 0.3) is 0 Å². The molecule has 2 atom stereocenters. The molecule has 2 fully saturated rings. The summed E-state index contributed by atoms with van der Waals surface area (Å²) < 4.78 is 38.5. The van der Waals surface area contributed by atoms with Crippen molar-refractivity contribution in [2.45, 2.75) is 44.0 Å². The molecule has 1 N–H and O–H groups in total. The number of piperazine rings is 1. The summed E-state index contributed by atoms with van der Waals surface area (Å²) in [6, 6.07) is 5.76. The van der Waals surface area contributed by atoms with Gasteiger partial charge < -0.3 is 10.0 Å². The molecule has 0 spiro atoms. The number of aliphatic hydroxyl groups is 1. The summed E-state index contributed by atoms with van der Waals surface area (Å²) in [4.78, 5) is 4.30. The Kier molecular flexibility index (Phi) is 8.32. The zero-order chi connectivity index (χ0) is 16.4. The number of benzene rings is 1. The van der Waals surface area contributed by atoms with Crippen LogP contribution < -0.4 is 4.90 Å². The third-order valence-electron chi connectivity index (χ3n) is 5.02. The normalized spacial score (nSPS) is 25.0. The summed E-state index contributed by atoms with van der Waals surface area (Å²) in [6.07, 6.45) is -0.450. The lowest BCUT2D eigenvalue weighted by molar-refractivity contribution is -0.137. The topological polar surface area (TPSA) is 26.7 Å². The molecule has 0 bridgehead atoms. The van der Waals surface area contributed by atoms with Crippen LogP contribution in [0.2, 0.25) is 0 Å². The third-order valence-corrected chi connectivity index (χ3v) is 5.02. The van der Waals surface area contributed by atoms with Crippen LogP contribution in [-0.2, 0) is 6.18 Å². The van der Waals surface area contributed by atoms with Gasteiger partial charge in [-0.2, -0.15) is 13.2 Å². The van der Waals surface area contributed by atoms with Crippen LogP contribution in [0.4, 0.5) is 18.9 Å². The molecular formula is C17H25Cl2F3N2O. The van der Waals surface area contributed by atoms with E-state index < -0.39 is 11.7 Å². The highest BCUT2D eigenvalue weighted by Gasteiger charge is 2.33. The standard InChI is InChI=1S/C17H23F3N2O.2ClH/c18-17(19,20)13-4-3-5-14(12-13)21-8-10-22(11-9-21)15-6-1-2-7-16(15)23;;/h3-5,12,15-16,23H,1-2,6-11H2;2*1H. The molecule has 0 amide bonds. The smallest absolute Gasteiger partial charge is 0.391 e. The molecule has 0 radical (unpaired) electrons. The van der Waals surface area contributed by atoms with Gasteiger partial charge in [-0.3, -0.25) is 4.90 Å². The van der Waals surface area contributed by atoms with Gasteiger partial charge in [-0.05, 0) is 31.0 Å². The first-order valence-electron chi connectivity index (χ1n) is 8.29. The molecule has 1 heterocycles. The number of halogens is 5. The quantitative estimate of drug-likeness (QED) is 0.813. The average molecular weight is 401 g/mol. The number of aliphatic hydroxyl groups excluding tert-OH is 1. The maximum absolute atomic E-state index is 12.8. The molecule has 8 heteroatoms. The van der Waals surface area contributed by atoms with Crippen LogP contribution in [0.5, 0.6) is 0 Å². The second-order valence-corrected chi connectivity index (χ2v) is 6.49. The zero-order valence-electron chi connectivity index (χ0n) is 13.9. The molecule has 1 aliphatic heterocycles. The maximum Gasteiger partial charge on any atom is 0.416 e. The summed E-state index contributed by atoms with van der Waals surface area (Å²) in [5.41, 5.74) is 0.0313. The molecule has 3 nitrogen and oxygen atoms in total. The number of anilines is 1. The molecule has 1 saturated heterocycles. The first kappa shape index (κ1) is 22.4. The molecule has 0 aromatic heterocycles. The van der Waals surface area contributed by atoms with Gasteiger partial charge in [-0.25, -0.2) is 0 Å². The molecule has 1 saturated carbocycles. The number of alkyl halides is 3. The van der Waals surface area contributed by atoms with E-state index >= 15 is 0 Å². The molecular weight excluding hydrogens is 376 g/mol. The third kappa shape index (κ3) is 5.39. The fourth-order valence-corrected chi connectivity index (χ4v) is 3.71. The average Bonchev–Trinajstić information content (AvgIpc) is 2.55. The number of hydrogen-bond donors (Lipinski definition) is 1. The predicted octanol–water partition coefficient (Wildman–Crippen LogP) is 3.97. The minimum absolute atomic E-state index is 0. The highest BCUT2D eigenvalue weighted by Crippen LogP contribution is 2.32. The van der Waals surface area contributed by atoms with Crippen LogP contribution in [-0.4, -0.2) is 48.3 Å². The van der Waals surface area contributed by atoms with Crippen LogP contribution in [0, 0.1) is 0 Å². The highest BCUT2D eigenvalue weighted by molar-refractivity contribution is 5.85. The minimum Gasteiger partial charge on any atom is -0.391 e. The molecule has 144 valence electrons. The zero-order valence-corrected chi connectivity index (χ0v) is 15.5. The monoisotopic (exact) mass is 400 g/mol. The van der Waals surface area contributed by atoms with E-state index in [1.807, 2.05) is 4.90 Å². The Morgan fingerprint density at radius 1 is 0.960 bits per heavy atom. The second kappa shape index (κ2) is 9.31. The number of hydrogen-bond acceptors (Lipinski definition) is 3. The van der Waals surface area contributed by atoms with E-state index in [0.29, 0.717) is 18.8 Å². The first-order valence-corrected chi connectivity index (χ1v) is 8.29. The van der Waals surface area contributed by atoms with Crippen molar-refractivity contribution in [1.82, 2.24) is 4.90 Å². The van der Waals surface area contributed by atoms with Crippen molar-refractivity contribution in [3.8, 4) is 0 Å². The molecule has 2 unspecified atom stereocenters. The van der Waals surface area contributed by atoms with Gasteiger partial charge in [0, 0.05) is 37.9 Å². The van der Waals surface area contributed by atoms with Crippen molar-refractivity contribution in [1.29, 1.82) is 0 Å². The Morgan fingerprint density at radius 2 is 1.60 bits per heavy atom.